The van der Waals surface area contributed by atoms with Crippen LogP contribution in [0.1, 0.15) is 31.7 Å². The third-order valence-corrected chi connectivity index (χ3v) is 6.67. The summed E-state index contributed by atoms with van der Waals surface area (Å²) < 4.78 is 15.9. The zero-order chi connectivity index (χ0) is 20.7. The van der Waals surface area contributed by atoms with Gasteiger partial charge in [0.15, 0.2) is 5.65 Å². The Kier molecular flexibility index (Phi) is 5.12. The minimum absolute atomic E-state index is 0.256. The van der Waals surface area contributed by atoms with E-state index in [0.717, 1.165) is 31.6 Å². The maximum atomic E-state index is 13.9. The number of hydrogen-bond donors (Lipinski definition) is 1. The van der Waals surface area contributed by atoms with Gasteiger partial charge in [0.1, 0.15) is 23.7 Å². The second kappa shape index (κ2) is 7.92. The van der Waals surface area contributed by atoms with Crippen LogP contribution in [0.15, 0.2) is 30.6 Å². The van der Waals surface area contributed by atoms with Crippen LogP contribution < -0.4 is 5.73 Å². The van der Waals surface area contributed by atoms with Crippen LogP contribution in [0.4, 0.5) is 10.2 Å². The molecule has 2 N–H and O–H groups in total. The van der Waals surface area contributed by atoms with E-state index in [-0.39, 0.29) is 11.9 Å². The zero-order valence-corrected chi connectivity index (χ0v) is 17.3. The Morgan fingerprint density at radius 1 is 1.00 bits per heavy atom. The third kappa shape index (κ3) is 3.54. The first kappa shape index (κ1) is 19.4. The molecule has 3 aromatic rings. The number of aromatic nitrogens is 4. The van der Waals surface area contributed by atoms with E-state index in [0.29, 0.717) is 28.5 Å². The molecule has 0 atom stereocenters. The number of nitrogens with zero attached hydrogens (tertiary/aromatic N) is 6. The number of fused-ring (bicyclic) bond motifs is 1. The van der Waals surface area contributed by atoms with Gasteiger partial charge in [0.2, 0.25) is 0 Å². The van der Waals surface area contributed by atoms with Crippen molar-refractivity contribution >= 4 is 16.9 Å². The van der Waals surface area contributed by atoms with Gasteiger partial charge in [0.25, 0.3) is 0 Å². The first-order valence-electron chi connectivity index (χ1n) is 10.8. The first-order chi connectivity index (χ1) is 14.6. The van der Waals surface area contributed by atoms with Crippen LogP contribution in [-0.4, -0.2) is 68.8 Å². The molecule has 0 saturated carbocycles. The van der Waals surface area contributed by atoms with E-state index in [1.54, 1.807) is 6.07 Å². The van der Waals surface area contributed by atoms with Crippen molar-refractivity contribution in [2.75, 3.05) is 39.0 Å². The summed E-state index contributed by atoms with van der Waals surface area (Å²) in [4.78, 5) is 13.7. The van der Waals surface area contributed by atoms with Crippen molar-refractivity contribution in [2.45, 2.75) is 37.8 Å². The Balaban J connectivity index is 1.42. The Morgan fingerprint density at radius 2 is 1.73 bits per heavy atom. The van der Waals surface area contributed by atoms with Crippen molar-refractivity contribution in [2.24, 2.45) is 0 Å². The molecule has 1 aromatic carbocycles. The highest BCUT2D eigenvalue weighted by molar-refractivity contribution is 5.98. The molecule has 2 saturated heterocycles. The Labute approximate surface area is 175 Å². The Hall–Kier alpha value is -2.58. The van der Waals surface area contributed by atoms with Crippen molar-refractivity contribution in [3.8, 4) is 11.3 Å². The predicted octanol–water partition coefficient (Wildman–Crippen LogP) is 2.95. The highest BCUT2D eigenvalue weighted by Gasteiger charge is 2.30. The summed E-state index contributed by atoms with van der Waals surface area (Å²) in [6.45, 7) is 4.50. The molecule has 0 radical (unpaired) electrons. The maximum absolute atomic E-state index is 13.9. The molecule has 7 nitrogen and oxygen atoms in total. The van der Waals surface area contributed by atoms with E-state index < -0.39 is 0 Å². The smallest absolute Gasteiger partial charge is 0.164 e. The number of nitrogens with two attached hydrogens (primary N) is 1. The standard InChI is InChI=1S/C22H28FN7/c1-28-9-5-17(6-10-28)29-11-7-18(8-12-29)30-22-19(21(24)25-14-26-22)20(27-30)15-3-2-4-16(23)13-15/h2-4,13-14,17-18H,5-12H2,1H3,(H2,24,25,26). The molecule has 2 aromatic heterocycles. The average Bonchev–Trinajstić information content (AvgIpc) is 3.16. The summed E-state index contributed by atoms with van der Waals surface area (Å²) in [5.74, 6) is 0.0892. The molecule has 30 heavy (non-hydrogen) atoms. The molecule has 0 amide bonds. The van der Waals surface area contributed by atoms with Crippen LogP contribution in [0.2, 0.25) is 0 Å². The summed E-state index contributed by atoms with van der Waals surface area (Å²) in [7, 11) is 2.20. The van der Waals surface area contributed by atoms with Gasteiger partial charge in [-0.05, 0) is 58.0 Å². The summed E-state index contributed by atoms with van der Waals surface area (Å²) in [5.41, 5.74) is 8.28. The fourth-order valence-corrected chi connectivity index (χ4v) is 4.94. The van der Waals surface area contributed by atoms with Crippen LogP contribution >= 0.6 is 0 Å². The topological polar surface area (TPSA) is 76.1 Å². The molecule has 158 valence electrons. The van der Waals surface area contributed by atoms with Gasteiger partial charge in [-0.1, -0.05) is 12.1 Å². The number of likely N-dealkylation sites (tertiary alicyclic amines) is 2. The van der Waals surface area contributed by atoms with Gasteiger partial charge in [-0.25, -0.2) is 19.0 Å². The van der Waals surface area contributed by atoms with E-state index in [4.69, 9.17) is 10.8 Å². The van der Waals surface area contributed by atoms with Crippen molar-refractivity contribution in [3.63, 3.8) is 0 Å². The van der Waals surface area contributed by atoms with Crippen LogP contribution in [0.25, 0.3) is 22.3 Å². The number of rotatable bonds is 3. The molecule has 2 aliphatic rings. The number of halogens is 1. The molecule has 5 rings (SSSR count). The highest BCUT2D eigenvalue weighted by Crippen LogP contribution is 2.35. The van der Waals surface area contributed by atoms with Crippen molar-refractivity contribution in [1.82, 2.24) is 29.5 Å². The maximum Gasteiger partial charge on any atom is 0.164 e. The van der Waals surface area contributed by atoms with Crippen LogP contribution in [0.5, 0.6) is 0 Å². The van der Waals surface area contributed by atoms with Gasteiger partial charge < -0.3 is 15.5 Å². The lowest BCUT2D eigenvalue weighted by atomic mass is 9.98. The Morgan fingerprint density at radius 3 is 2.47 bits per heavy atom. The van der Waals surface area contributed by atoms with Gasteiger partial charge in [0.05, 0.1) is 11.4 Å². The Bertz CT molecular complexity index is 1030. The monoisotopic (exact) mass is 409 g/mol. The molecule has 0 bridgehead atoms. The average molecular weight is 410 g/mol. The quantitative estimate of drug-likeness (QED) is 0.717. The van der Waals surface area contributed by atoms with Crippen LogP contribution in [0, 0.1) is 5.82 Å². The molecule has 4 heterocycles. The van der Waals surface area contributed by atoms with E-state index in [9.17, 15) is 4.39 Å². The number of piperidine rings is 2. The fourth-order valence-electron chi connectivity index (χ4n) is 4.94. The summed E-state index contributed by atoms with van der Waals surface area (Å²) in [6.07, 6.45) is 6.03. The number of nitrogen functional groups attached to an aromatic ring is 1. The minimum atomic E-state index is -0.294. The largest absolute Gasteiger partial charge is 0.383 e. The molecule has 0 aliphatic carbocycles. The van der Waals surface area contributed by atoms with E-state index in [2.05, 4.69) is 26.8 Å². The van der Waals surface area contributed by atoms with E-state index >= 15 is 0 Å². The van der Waals surface area contributed by atoms with Crippen molar-refractivity contribution in [3.05, 3.63) is 36.4 Å². The molecule has 0 unspecified atom stereocenters. The van der Waals surface area contributed by atoms with Gasteiger partial charge >= 0.3 is 0 Å². The van der Waals surface area contributed by atoms with Crippen molar-refractivity contribution in [1.29, 1.82) is 0 Å². The molecule has 0 spiro atoms. The third-order valence-electron chi connectivity index (χ3n) is 6.67. The number of anilines is 1. The number of hydrogen-bond acceptors (Lipinski definition) is 6. The van der Waals surface area contributed by atoms with Gasteiger partial charge in [-0.3, -0.25) is 0 Å². The minimum Gasteiger partial charge on any atom is -0.383 e. The lowest BCUT2D eigenvalue weighted by Crippen LogP contribution is -2.47. The summed E-state index contributed by atoms with van der Waals surface area (Å²) in [5, 5.41) is 5.58. The first-order valence-corrected chi connectivity index (χ1v) is 10.8. The highest BCUT2D eigenvalue weighted by atomic mass is 19.1. The molecular formula is C22H28FN7. The van der Waals surface area contributed by atoms with E-state index in [1.807, 2.05) is 10.7 Å². The molecular weight excluding hydrogens is 381 g/mol. The van der Waals surface area contributed by atoms with Crippen molar-refractivity contribution < 1.29 is 4.39 Å². The van der Waals surface area contributed by atoms with Gasteiger partial charge in [-0.2, -0.15) is 5.10 Å². The summed E-state index contributed by atoms with van der Waals surface area (Å²) >= 11 is 0. The normalized spacial score (nSPS) is 20.2. The lowest BCUT2D eigenvalue weighted by molar-refractivity contribution is 0.0859. The zero-order valence-electron chi connectivity index (χ0n) is 17.3. The summed E-state index contributed by atoms with van der Waals surface area (Å²) in [6, 6.07) is 7.41. The van der Waals surface area contributed by atoms with Crippen LogP contribution in [0.3, 0.4) is 0 Å². The fraction of sp³-hybridized carbons (Fsp3) is 0.500. The second-order valence-electron chi connectivity index (χ2n) is 8.56. The SMILES string of the molecule is CN1CCC(N2CCC(n3nc(-c4cccc(F)c4)c4c(N)ncnc43)CC2)CC1. The molecule has 2 fully saturated rings. The van der Waals surface area contributed by atoms with Gasteiger partial charge in [0, 0.05) is 24.7 Å². The van der Waals surface area contributed by atoms with E-state index in [1.165, 1.54) is 44.4 Å². The van der Waals surface area contributed by atoms with Gasteiger partial charge in [-0.15, -0.1) is 0 Å². The number of benzene rings is 1. The molecule has 8 heteroatoms. The predicted molar refractivity (Wildman–Crippen MR) is 115 cm³/mol. The molecule has 2 aliphatic heterocycles. The van der Waals surface area contributed by atoms with Crippen LogP contribution in [-0.2, 0) is 0 Å². The second-order valence-corrected chi connectivity index (χ2v) is 8.56. The lowest BCUT2D eigenvalue weighted by Gasteiger charge is -2.41.